The van der Waals surface area contributed by atoms with E-state index in [0.29, 0.717) is 11.0 Å². The number of benzene rings is 2. The average Bonchev–Trinajstić information content (AvgIpc) is 2.64. The van der Waals surface area contributed by atoms with Gasteiger partial charge in [-0.15, -0.1) is 0 Å². The van der Waals surface area contributed by atoms with Gasteiger partial charge in [0.1, 0.15) is 17.5 Å². The summed E-state index contributed by atoms with van der Waals surface area (Å²) in [4.78, 5) is 2.80. The first-order chi connectivity index (χ1) is 9.45. The maximum Gasteiger partial charge on any atom is 0.182 e. The number of hydrogen-bond acceptors (Lipinski definition) is 1. The molecule has 0 atom stereocenters. The lowest BCUT2D eigenvalue weighted by Crippen LogP contribution is -1.96. The fourth-order valence-corrected chi connectivity index (χ4v) is 2.67. The third-order valence-electron chi connectivity index (χ3n) is 2.83. The van der Waals surface area contributed by atoms with Crippen LogP contribution in [-0.4, -0.2) is 9.55 Å². The van der Waals surface area contributed by atoms with E-state index in [2.05, 4.69) is 20.9 Å². The van der Waals surface area contributed by atoms with Gasteiger partial charge in [-0.2, -0.15) is 0 Å². The van der Waals surface area contributed by atoms with Gasteiger partial charge in [0, 0.05) is 12.1 Å². The number of halogens is 4. The maximum atomic E-state index is 13.5. The van der Waals surface area contributed by atoms with Crippen molar-refractivity contribution in [2.24, 2.45) is 0 Å². The van der Waals surface area contributed by atoms with Crippen LogP contribution in [0.15, 0.2) is 34.8 Å². The number of H-pyrrole nitrogens is 1. The Hall–Kier alpha value is -1.60. The number of nitrogens with zero attached hydrogens (tertiary/aromatic N) is 1. The lowest BCUT2D eigenvalue weighted by atomic mass is 10.2. The van der Waals surface area contributed by atoms with Gasteiger partial charge in [-0.1, -0.05) is 0 Å². The van der Waals surface area contributed by atoms with Crippen LogP contribution in [-0.2, 0) is 0 Å². The Balaban J connectivity index is 2.38. The van der Waals surface area contributed by atoms with Crippen LogP contribution in [0.25, 0.3) is 16.7 Å². The van der Waals surface area contributed by atoms with E-state index >= 15 is 0 Å². The van der Waals surface area contributed by atoms with Gasteiger partial charge in [0.25, 0.3) is 0 Å². The Kier molecular flexibility index (Phi) is 3.18. The van der Waals surface area contributed by atoms with Gasteiger partial charge in [-0.05, 0) is 46.3 Å². The van der Waals surface area contributed by atoms with Gasteiger partial charge in [0.05, 0.1) is 21.2 Å². The Morgan fingerprint density at radius 1 is 1.00 bits per heavy atom. The third kappa shape index (κ3) is 2.16. The highest BCUT2D eigenvalue weighted by molar-refractivity contribution is 9.10. The van der Waals surface area contributed by atoms with Crippen molar-refractivity contribution in [3.63, 3.8) is 0 Å². The SMILES string of the molecule is Fc1cc(F)cc(-n2c(=S)[nH]c3cc(F)c(Br)cc32)c1. The maximum absolute atomic E-state index is 13.5. The molecule has 0 unspecified atom stereocenters. The van der Waals surface area contributed by atoms with Crippen LogP contribution in [0.3, 0.4) is 0 Å². The Morgan fingerprint density at radius 3 is 2.30 bits per heavy atom. The van der Waals surface area contributed by atoms with E-state index in [1.807, 2.05) is 0 Å². The highest BCUT2D eigenvalue weighted by Crippen LogP contribution is 2.26. The summed E-state index contributed by atoms with van der Waals surface area (Å²) in [7, 11) is 0. The molecule has 0 aliphatic carbocycles. The van der Waals surface area contributed by atoms with Crippen LogP contribution in [0.1, 0.15) is 0 Å². The van der Waals surface area contributed by atoms with Gasteiger partial charge in [0.2, 0.25) is 0 Å². The number of rotatable bonds is 1. The molecular weight excluding hydrogens is 353 g/mol. The van der Waals surface area contributed by atoms with Crippen molar-refractivity contribution < 1.29 is 13.2 Å². The van der Waals surface area contributed by atoms with E-state index in [4.69, 9.17) is 12.2 Å². The highest BCUT2D eigenvalue weighted by Gasteiger charge is 2.11. The molecule has 1 aromatic heterocycles. The summed E-state index contributed by atoms with van der Waals surface area (Å²) < 4.78 is 42.1. The van der Waals surface area contributed by atoms with Crippen LogP contribution < -0.4 is 0 Å². The summed E-state index contributed by atoms with van der Waals surface area (Å²) in [5.41, 5.74) is 1.20. The standard InChI is InChI=1S/C13H6BrF3N2S/c14-9-4-12-11(5-10(9)17)18-13(20)19(12)8-2-6(15)1-7(16)3-8/h1-5H,(H,18,20). The monoisotopic (exact) mass is 358 g/mol. The van der Waals surface area contributed by atoms with Gasteiger partial charge >= 0.3 is 0 Å². The van der Waals surface area contributed by atoms with Gasteiger partial charge in [0.15, 0.2) is 4.77 Å². The molecule has 7 heteroatoms. The molecule has 0 saturated carbocycles. The zero-order chi connectivity index (χ0) is 14.4. The van der Waals surface area contributed by atoms with Crippen molar-refractivity contribution in [1.82, 2.24) is 9.55 Å². The predicted octanol–water partition coefficient (Wildman–Crippen LogP) is 4.87. The molecule has 3 rings (SSSR count). The number of aromatic nitrogens is 2. The number of imidazole rings is 1. The van der Waals surface area contributed by atoms with Crippen LogP contribution in [0.5, 0.6) is 0 Å². The minimum atomic E-state index is -0.711. The molecule has 1 N–H and O–H groups in total. The summed E-state index contributed by atoms with van der Waals surface area (Å²) in [6.45, 7) is 0. The van der Waals surface area contributed by atoms with Crippen molar-refractivity contribution in [2.75, 3.05) is 0 Å². The van der Waals surface area contributed by atoms with E-state index in [1.165, 1.54) is 16.7 Å². The van der Waals surface area contributed by atoms with Crippen molar-refractivity contribution in [3.05, 3.63) is 57.0 Å². The first kappa shape index (κ1) is 13.4. The van der Waals surface area contributed by atoms with Gasteiger partial charge in [-0.3, -0.25) is 4.57 Å². The number of aromatic amines is 1. The van der Waals surface area contributed by atoms with Crippen molar-refractivity contribution >= 4 is 39.2 Å². The third-order valence-corrected chi connectivity index (χ3v) is 3.72. The molecule has 0 bridgehead atoms. The van der Waals surface area contributed by atoms with Gasteiger partial charge in [-0.25, -0.2) is 13.2 Å². The lowest BCUT2D eigenvalue weighted by Gasteiger charge is -2.05. The molecule has 1 heterocycles. The summed E-state index contributed by atoms with van der Waals surface area (Å²) >= 11 is 8.21. The Labute approximate surface area is 125 Å². The van der Waals surface area contributed by atoms with Crippen LogP contribution >= 0.6 is 28.1 Å². The van der Waals surface area contributed by atoms with Crippen molar-refractivity contribution in [3.8, 4) is 5.69 Å². The first-order valence-electron chi connectivity index (χ1n) is 5.52. The first-order valence-corrected chi connectivity index (χ1v) is 6.72. The lowest BCUT2D eigenvalue weighted by molar-refractivity contribution is 0.581. The van der Waals surface area contributed by atoms with Crippen LogP contribution in [0.2, 0.25) is 0 Å². The molecule has 0 fully saturated rings. The van der Waals surface area contributed by atoms with E-state index in [0.717, 1.165) is 18.2 Å². The van der Waals surface area contributed by atoms with Crippen LogP contribution in [0.4, 0.5) is 13.2 Å². The zero-order valence-corrected chi connectivity index (χ0v) is 12.2. The van der Waals surface area contributed by atoms with E-state index in [1.54, 1.807) is 0 Å². The molecule has 0 aliphatic heterocycles. The Morgan fingerprint density at radius 2 is 1.65 bits per heavy atom. The second kappa shape index (κ2) is 4.75. The van der Waals surface area contributed by atoms with Gasteiger partial charge < -0.3 is 4.98 Å². The molecule has 20 heavy (non-hydrogen) atoms. The Bertz CT molecular complexity index is 865. The molecule has 0 saturated heterocycles. The number of fused-ring (bicyclic) bond motifs is 1. The van der Waals surface area contributed by atoms with E-state index < -0.39 is 17.5 Å². The molecule has 0 radical (unpaired) electrons. The minimum absolute atomic E-state index is 0.225. The molecule has 0 amide bonds. The van der Waals surface area contributed by atoms with Crippen molar-refractivity contribution in [2.45, 2.75) is 0 Å². The fourth-order valence-electron chi connectivity index (χ4n) is 2.03. The average molecular weight is 359 g/mol. The fraction of sp³-hybridized carbons (Fsp3) is 0. The molecule has 0 spiro atoms. The second-order valence-electron chi connectivity index (χ2n) is 4.18. The molecule has 2 aromatic carbocycles. The van der Waals surface area contributed by atoms with E-state index in [-0.39, 0.29) is 14.9 Å². The molecule has 2 nitrogen and oxygen atoms in total. The summed E-state index contributed by atoms with van der Waals surface area (Å²) in [6, 6.07) is 5.85. The highest BCUT2D eigenvalue weighted by atomic mass is 79.9. The number of nitrogens with one attached hydrogen (secondary N) is 1. The molecular formula is C13H6BrF3N2S. The zero-order valence-electron chi connectivity index (χ0n) is 9.75. The quantitative estimate of drug-likeness (QED) is 0.615. The second-order valence-corrected chi connectivity index (χ2v) is 5.42. The largest absolute Gasteiger partial charge is 0.330 e. The summed E-state index contributed by atoms with van der Waals surface area (Å²) in [5.74, 6) is -1.87. The normalized spacial score (nSPS) is 11.2. The molecule has 0 aliphatic rings. The van der Waals surface area contributed by atoms with Crippen LogP contribution in [0, 0.1) is 22.2 Å². The van der Waals surface area contributed by atoms with Crippen molar-refractivity contribution in [1.29, 1.82) is 0 Å². The summed E-state index contributed by atoms with van der Waals surface area (Å²) in [5, 5.41) is 0. The summed E-state index contributed by atoms with van der Waals surface area (Å²) in [6.07, 6.45) is 0. The smallest absolute Gasteiger partial charge is 0.182 e. The topological polar surface area (TPSA) is 20.7 Å². The molecule has 3 aromatic rings. The molecule has 102 valence electrons. The number of hydrogen-bond donors (Lipinski definition) is 1. The van der Waals surface area contributed by atoms with E-state index in [9.17, 15) is 13.2 Å². The minimum Gasteiger partial charge on any atom is -0.330 e. The predicted molar refractivity (Wildman–Crippen MR) is 76.0 cm³/mol.